The summed E-state index contributed by atoms with van der Waals surface area (Å²) in [6, 6.07) is 9.59. The van der Waals surface area contributed by atoms with Crippen LogP contribution in [0.5, 0.6) is 0 Å². The first kappa shape index (κ1) is 14.4. The number of nitrogens with zero attached hydrogens (tertiary/aromatic N) is 2. The van der Waals surface area contributed by atoms with Gasteiger partial charge in [0.25, 0.3) is 5.91 Å². The zero-order chi connectivity index (χ0) is 14.4. The molecule has 0 saturated carbocycles. The molecule has 0 radical (unpaired) electrons. The lowest BCUT2D eigenvalue weighted by Gasteiger charge is -2.10. The highest BCUT2D eigenvalue weighted by molar-refractivity contribution is 5.96. The molecule has 0 aliphatic carbocycles. The number of fused-ring (bicyclic) bond motifs is 1. The molecule has 2 rings (SSSR count). The Kier molecular flexibility index (Phi) is 5.03. The number of hydrogen-bond donors (Lipinski definition) is 2. The van der Waals surface area contributed by atoms with Crippen LogP contribution in [0, 0.1) is 0 Å². The predicted molar refractivity (Wildman–Crippen MR) is 80.4 cm³/mol. The van der Waals surface area contributed by atoms with Gasteiger partial charge in [0, 0.05) is 18.1 Å². The van der Waals surface area contributed by atoms with Crippen LogP contribution in [0.4, 0.5) is 0 Å². The van der Waals surface area contributed by atoms with Crippen LogP contribution in [0.15, 0.2) is 36.5 Å². The molecule has 0 spiro atoms. The maximum absolute atomic E-state index is 12.0. The van der Waals surface area contributed by atoms with Gasteiger partial charge in [0.15, 0.2) is 0 Å². The topological polar surface area (TPSA) is 57.3 Å². The lowest BCUT2D eigenvalue weighted by atomic mass is 10.1. The second-order valence-corrected chi connectivity index (χ2v) is 4.95. The standard InChI is InChI=1S/C15H20N4O/c1-19(2)9-5-8-17-18-15(20)13-10-12-6-3-4-7-14(12)16-11-13/h3-4,6-7,10-11,17H,5,8-9H2,1-2H3,(H,18,20). The molecule has 0 atom stereocenters. The van der Waals surface area contributed by atoms with E-state index in [4.69, 9.17) is 0 Å². The van der Waals surface area contributed by atoms with Crippen LogP contribution in [0.2, 0.25) is 0 Å². The molecule has 0 aliphatic rings. The molecule has 1 aromatic heterocycles. The van der Waals surface area contributed by atoms with Crippen molar-refractivity contribution in [3.8, 4) is 0 Å². The quantitative estimate of drug-likeness (QED) is 0.617. The molecule has 5 nitrogen and oxygen atoms in total. The average molecular weight is 272 g/mol. The molecule has 106 valence electrons. The average Bonchev–Trinajstić information content (AvgIpc) is 2.46. The number of aromatic nitrogens is 1. The van der Waals surface area contributed by atoms with E-state index in [1.54, 1.807) is 6.20 Å². The number of benzene rings is 1. The molecule has 2 N–H and O–H groups in total. The van der Waals surface area contributed by atoms with Gasteiger partial charge in [-0.05, 0) is 39.2 Å². The number of hydrazine groups is 1. The molecule has 2 aromatic rings. The van der Waals surface area contributed by atoms with Crippen LogP contribution in [0.1, 0.15) is 16.8 Å². The van der Waals surface area contributed by atoms with Crippen molar-refractivity contribution in [1.82, 2.24) is 20.7 Å². The van der Waals surface area contributed by atoms with Crippen molar-refractivity contribution in [1.29, 1.82) is 0 Å². The largest absolute Gasteiger partial charge is 0.309 e. The van der Waals surface area contributed by atoms with E-state index in [0.29, 0.717) is 5.56 Å². The van der Waals surface area contributed by atoms with Crippen molar-refractivity contribution in [2.45, 2.75) is 6.42 Å². The van der Waals surface area contributed by atoms with Crippen LogP contribution in [0.25, 0.3) is 10.9 Å². The monoisotopic (exact) mass is 272 g/mol. The van der Waals surface area contributed by atoms with Gasteiger partial charge in [-0.15, -0.1) is 0 Å². The third-order valence-electron chi connectivity index (χ3n) is 2.96. The molecule has 20 heavy (non-hydrogen) atoms. The zero-order valence-electron chi connectivity index (χ0n) is 11.9. The second kappa shape index (κ2) is 6.98. The maximum Gasteiger partial charge on any atom is 0.266 e. The van der Waals surface area contributed by atoms with Crippen molar-refractivity contribution in [3.05, 3.63) is 42.1 Å². The zero-order valence-corrected chi connectivity index (χ0v) is 11.9. The summed E-state index contributed by atoms with van der Waals surface area (Å²) in [7, 11) is 4.05. The second-order valence-electron chi connectivity index (χ2n) is 4.95. The summed E-state index contributed by atoms with van der Waals surface area (Å²) >= 11 is 0. The summed E-state index contributed by atoms with van der Waals surface area (Å²) in [5.74, 6) is -0.159. The molecule has 1 amide bonds. The van der Waals surface area contributed by atoms with E-state index < -0.39 is 0 Å². The predicted octanol–water partition coefficient (Wildman–Crippen LogP) is 1.42. The number of rotatable bonds is 6. The number of carbonyl (C=O) groups excluding carboxylic acids is 1. The first-order valence-electron chi connectivity index (χ1n) is 6.69. The number of nitrogens with one attached hydrogen (secondary N) is 2. The first-order chi connectivity index (χ1) is 9.66. The van der Waals surface area contributed by atoms with Crippen LogP contribution in [0.3, 0.4) is 0 Å². The van der Waals surface area contributed by atoms with Gasteiger partial charge < -0.3 is 4.90 Å². The van der Waals surface area contributed by atoms with E-state index in [0.717, 1.165) is 30.4 Å². The number of para-hydroxylation sites is 1. The Balaban J connectivity index is 1.87. The Morgan fingerprint density at radius 3 is 2.90 bits per heavy atom. The van der Waals surface area contributed by atoms with Gasteiger partial charge in [-0.1, -0.05) is 18.2 Å². The minimum absolute atomic E-state index is 0.159. The van der Waals surface area contributed by atoms with Gasteiger partial charge in [0.05, 0.1) is 11.1 Å². The van der Waals surface area contributed by atoms with Crippen molar-refractivity contribution in [2.75, 3.05) is 27.2 Å². The van der Waals surface area contributed by atoms with E-state index in [9.17, 15) is 4.79 Å². The van der Waals surface area contributed by atoms with Gasteiger partial charge in [-0.2, -0.15) is 0 Å². The molecule has 5 heteroatoms. The molecule has 1 aromatic carbocycles. The van der Waals surface area contributed by atoms with Crippen LogP contribution in [-0.2, 0) is 0 Å². The molecule has 1 heterocycles. The Bertz CT molecular complexity index is 583. The summed E-state index contributed by atoms with van der Waals surface area (Å²) in [5, 5.41) is 0.966. The number of hydrogen-bond acceptors (Lipinski definition) is 4. The lowest BCUT2D eigenvalue weighted by molar-refractivity contribution is 0.0932. The molecular weight excluding hydrogens is 252 g/mol. The summed E-state index contributed by atoms with van der Waals surface area (Å²) in [6.45, 7) is 1.73. The van der Waals surface area contributed by atoms with Gasteiger partial charge in [-0.25, -0.2) is 5.43 Å². The third kappa shape index (κ3) is 4.01. The van der Waals surface area contributed by atoms with E-state index in [2.05, 4.69) is 20.7 Å². The summed E-state index contributed by atoms with van der Waals surface area (Å²) < 4.78 is 0. The van der Waals surface area contributed by atoms with Crippen molar-refractivity contribution in [2.24, 2.45) is 0 Å². The van der Waals surface area contributed by atoms with E-state index >= 15 is 0 Å². The van der Waals surface area contributed by atoms with Gasteiger partial charge >= 0.3 is 0 Å². The Hall–Kier alpha value is -1.98. The minimum atomic E-state index is -0.159. The normalized spacial score (nSPS) is 10.9. The molecule has 0 saturated heterocycles. The van der Waals surface area contributed by atoms with E-state index in [-0.39, 0.29) is 5.91 Å². The summed E-state index contributed by atoms with van der Waals surface area (Å²) in [6.07, 6.45) is 2.57. The van der Waals surface area contributed by atoms with Gasteiger partial charge in [0.2, 0.25) is 0 Å². The summed E-state index contributed by atoms with van der Waals surface area (Å²) in [4.78, 5) is 18.3. The lowest BCUT2D eigenvalue weighted by Crippen LogP contribution is -2.38. The van der Waals surface area contributed by atoms with Crippen molar-refractivity contribution >= 4 is 16.8 Å². The highest BCUT2D eigenvalue weighted by atomic mass is 16.2. The molecular formula is C15H20N4O. The molecule has 0 unspecified atom stereocenters. The Labute approximate surface area is 119 Å². The molecule has 0 aliphatic heterocycles. The minimum Gasteiger partial charge on any atom is -0.309 e. The fourth-order valence-electron chi connectivity index (χ4n) is 1.89. The van der Waals surface area contributed by atoms with Crippen LogP contribution in [-0.4, -0.2) is 43.0 Å². The van der Waals surface area contributed by atoms with Gasteiger partial charge in [0.1, 0.15) is 0 Å². The van der Waals surface area contributed by atoms with E-state index in [1.165, 1.54) is 0 Å². The Morgan fingerprint density at radius 1 is 1.30 bits per heavy atom. The Morgan fingerprint density at radius 2 is 2.10 bits per heavy atom. The fraction of sp³-hybridized carbons (Fsp3) is 0.333. The first-order valence-corrected chi connectivity index (χ1v) is 6.69. The van der Waals surface area contributed by atoms with Crippen LogP contribution < -0.4 is 10.9 Å². The van der Waals surface area contributed by atoms with Gasteiger partial charge in [-0.3, -0.25) is 15.2 Å². The number of amides is 1. The highest BCUT2D eigenvalue weighted by Crippen LogP contribution is 2.12. The molecule has 0 bridgehead atoms. The van der Waals surface area contributed by atoms with Crippen LogP contribution >= 0.6 is 0 Å². The third-order valence-corrected chi connectivity index (χ3v) is 2.96. The SMILES string of the molecule is CN(C)CCCNNC(=O)c1cnc2ccccc2c1. The smallest absolute Gasteiger partial charge is 0.266 e. The number of carbonyl (C=O) groups is 1. The number of pyridine rings is 1. The maximum atomic E-state index is 12.0. The summed E-state index contributed by atoms with van der Waals surface area (Å²) in [5.41, 5.74) is 7.07. The van der Waals surface area contributed by atoms with Crippen molar-refractivity contribution in [3.63, 3.8) is 0 Å². The fourth-order valence-corrected chi connectivity index (χ4v) is 1.89. The van der Waals surface area contributed by atoms with E-state index in [1.807, 2.05) is 44.4 Å². The van der Waals surface area contributed by atoms with Crippen molar-refractivity contribution < 1.29 is 4.79 Å². The highest BCUT2D eigenvalue weighted by Gasteiger charge is 2.06. The molecule has 0 fully saturated rings.